The zero-order valence-corrected chi connectivity index (χ0v) is 9.26. The zero-order valence-electron chi connectivity index (χ0n) is 8.51. The molecule has 0 bridgehead atoms. The maximum atomic E-state index is 11.9. The van der Waals surface area contributed by atoms with Crippen LogP contribution in [0.1, 0.15) is 0 Å². The number of halogens is 1. The molecule has 1 N–H and O–H groups in total. The number of aliphatic hydroxyl groups is 1. The van der Waals surface area contributed by atoms with Gasteiger partial charge in [0, 0.05) is 5.39 Å². The number of hydrogen-bond acceptors (Lipinski definition) is 3. The van der Waals surface area contributed by atoms with E-state index in [2.05, 4.69) is 5.10 Å². The van der Waals surface area contributed by atoms with Crippen molar-refractivity contribution in [2.75, 3.05) is 5.88 Å². The van der Waals surface area contributed by atoms with Crippen LogP contribution in [0.15, 0.2) is 35.3 Å². The molecule has 1 unspecified atom stereocenters. The molecule has 0 saturated carbocycles. The summed E-state index contributed by atoms with van der Waals surface area (Å²) in [4.78, 5) is 11.9. The van der Waals surface area contributed by atoms with Crippen LogP contribution < -0.4 is 5.56 Å². The van der Waals surface area contributed by atoms with E-state index in [1.807, 2.05) is 12.1 Å². The molecule has 1 atom stereocenters. The number of fused-ring (bicyclic) bond motifs is 1. The van der Waals surface area contributed by atoms with Crippen LogP contribution in [0, 0.1) is 0 Å². The second-order valence-corrected chi connectivity index (χ2v) is 3.84. The Bertz CT molecular complexity index is 553. The van der Waals surface area contributed by atoms with Gasteiger partial charge in [0.25, 0.3) is 5.56 Å². The summed E-state index contributed by atoms with van der Waals surface area (Å²) in [6.07, 6.45) is 0.852. The molecule has 0 saturated heterocycles. The number of alkyl halides is 1. The minimum atomic E-state index is -0.756. The maximum Gasteiger partial charge on any atom is 0.274 e. The van der Waals surface area contributed by atoms with Crippen molar-refractivity contribution in [1.82, 2.24) is 9.78 Å². The van der Waals surface area contributed by atoms with Crippen molar-refractivity contribution in [3.63, 3.8) is 0 Å². The largest absolute Gasteiger partial charge is 0.390 e. The van der Waals surface area contributed by atoms with Gasteiger partial charge in [0.05, 0.1) is 30.1 Å². The lowest BCUT2D eigenvalue weighted by atomic mass is 10.2. The summed E-state index contributed by atoms with van der Waals surface area (Å²) in [6.45, 7) is 0.118. The lowest BCUT2D eigenvalue weighted by Gasteiger charge is -2.08. The molecule has 2 aromatic rings. The van der Waals surface area contributed by atoms with E-state index >= 15 is 0 Å². The Balaban J connectivity index is 2.49. The molecule has 5 heteroatoms. The van der Waals surface area contributed by atoms with Crippen molar-refractivity contribution in [3.05, 3.63) is 40.8 Å². The minimum absolute atomic E-state index is 0.0843. The van der Waals surface area contributed by atoms with Crippen LogP contribution >= 0.6 is 11.6 Å². The molecule has 0 radical (unpaired) electrons. The van der Waals surface area contributed by atoms with Gasteiger partial charge in [0.15, 0.2) is 0 Å². The molecular weight excluding hydrogens is 228 g/mol. The average molecular weight is 239 g/mol. The number of aromatic nitrogens is 2. The zero-order chi connectivity index (χ0) is 11.5. The number of aliphatic hydroxyl groups excluding tert-OH is 1. The molecule has 16 heavy (non-hydrogen) atoms. The van der Waals surface area contributed by atoms with Crippen LogP contribution in [-0.4, -0.2) is 26.9 Å². The smallest absolute Gasteiger partial charge is 0.274 e. The van der Waals surface area contributed by atoms with Crippen molar-refractivity contribution in [2.45, 2.75) is 12.6 Å². The van der Waals surface area contributed by atoms with E-state index in [9.17, 15) is 9.90 Å². The van der Waals surface area contributed by atoms with Crippen LogP contribution in [-0.2, 0) is 6.54 Å². The fraction of sp³-hybridized carbons (Fsp3) is 0.273. The Hall–Kier alpha value is -1.39. The molecule has 1 heterocycles. The molecule has 2 rings (SSSR count). The summed E-state index contributed by atoms with van der Waals surface area (Å²) in [6, 6.07) is 7.21. The predicted molar refractivity (Wildman–Crippen MR) is 62.7 cm³/mol. The standard InChI is InChI=1S/C11H11ClN2O2/c12-5-9(15)7-14-11(16)10-4-2-1-3-8(10)6-13-14/h1-4,6,9,15H,5,7H2. The van der Waals surface area contributed by atoms with Gasteiger partial charge in [-0.25, -0.2) is 4.68 Å². The summed E-state index contributed by atoms with van der Waals surface area (Å²) in [7, 11) is 0. The first-order valence-electron chi connectivity index (χ1n) is 4.91. The Kier molecular flexibility index (Phi) is 3.22. The predicted octanol–water partition coefficient (Wildman–Crippen LogP) is 0.996. The fourth-order valence-corrected chi connectivity index (χ4v) is 1.60. The first-order valence-corrected chi connectivity index (χ1v) is 5.44. The highest BCUT2D eigenvalue weighted by Gasteiger charge is 2.07. The van der Waals surface area contributed by atoms with Gasteiger partial charge in [-0.3, -0.25) is 4.79 Å². The van der Waals surface area contributed by atoms with Crippen molar-refractivity contribution in [1.29, 1.82) is 0 Å². The highest BCUT2D eigenvalue weighted by molar-refractivity contribution is 6.18. The lowest BCUT2D eigenvalue weighted by molar-refractivity contribution is 0.169. The molecule has 0 aliphatic heterocycles. The van der Waals surface area contributed by atoms with Gasteiger partial charge in [-0.1, -0.05) is 18.2 Å². The SMILES string of the molecule is O=c1c2ccccc2cnn1CC(O)CCl. The quantitative estimate of drug-likeness (QED) is 0.812. The van der Waals surface area contributed by atoms with E-state index in [-0.39, 0.29) is 18.0 Å². The highest BCUT2D eigenvalue weighted by Crippen LogP contribution is 2.06. The van der Waals surface area contributed by atoms with E-state index in [1.165, 1.54) is 4.68 Å². The van der Waals surface area contributed by atoms with E-state index in [4.69, 9.17) is 11.6 Å². The molecule has 4 nitrogen and oxygen atoms in total. The van der Waals surface area contributed by atoms with Crippen LogP contribution in [0.4, 0.5) is 0 Å². The fourth-order valence-electron chi connectivity index (χ4n) is 1.51. The van der Waals surface area contributed by atoms with Crippen LogP contribution in [0.25, 0.3) is 10.8 Å². The molecule has 0 fully saturated rings. The van der Waals surface area contributed by atoms with Crippen molar-refractivity contribution in [3.8, 4) is 0 Å². The Labute approximate surface area is 97.1 Å². The highest BCUT2D eigenvalue weighted by atomic mass is 35.5. The summed E-state index contributed by atoms with van der Waals surface area (Å²) in [5.41, 5.74) is -0.206. The van der Waals surface area contributed by atoms with E-state index in [0.717, 1.165) is 5.39 Å². The summed E-state index contributed by atoms with van der Waals surface area (Å²) in [5, 5.41) is 14.7. The van der Waals surface area contributed by atoms with E-state index in [1.54, 1.807) is 18.3 Å². The molecular formula is C11H11ClN2O2. The lowest BCUT2D eigenvalue weighted by Crippen LogP contribution is -2.29. The second kappa shape index (κ2) is 4.63. The van der Waals surface area contributed by atoms with Crippen LogP contribution in [0.5, 0.6) is 0 Å². The Morgan fingerprint density at radius 3 is 2.94 bits per heavy atom. The molecule has 84 valence electrons. The van der Waals surface area contributed by atoms with Gasteiger partial charge < -0.3 is 5.11 Å². The third-order valence-electron chi connectivity index (χ3n) is 2.32. The van der Waals surface area contributed by atoms with Crippen LogP contribution in [0.2, 0.25) is 0 Å². The Morgan fingerprint density at radius 2 is 2.19 bits per heavy atom. The monoisotopic (exact) mass is 238 g/mol. The van der Waals surface area contributed by atoms with Crippen molar-refractivity contribution in [2.24, 2.45) is 0 Å². The molecule has 0 aliphatic rings. The van der Waals surface area contributed by atoms with Gasteiger partial charge in [-0.15, -0.1) is 11.6 Å². The van der Waals surface area contributed by atoms with Gasteiger partial charge in [0.1, 0.15) is 0 Å². The molecule has 1 aromatic carbocycles. The summed E-state index contributed by atoms with van der Waals surface area (Å²) in [5.74, 6) is 0.0843. The van der Waals surface area contributed by atoms with Crippen LogP contribution in [0.3, 0.4) is 0 Å². The number of nitrogens with zero attached hydrogens (tertiary/aromatic N) is 2. The third-order valence-corrected chi connectivity index (χ3v) is 2.68. The minimum Gasteiger partial charge on any atom is -0.390 e. The Morgan fingerprint density at radius 1 is 1.44 bits per heavy atom. The first-order chi connectivity index (χ1) is 7.72. The molecule has 0 spiro atoms. The number of hydrogen-bond donors (Lipinski definition) is 1. The van der Waals surface area contributed by atoms with Gasteiger partial charge >= 0.3 is 0 Å². The normalized spacial score (nSPS) is 12.9. The molecule has 0 aliphatic carbocycles. The maximum absolute atomic E-state index is 11.9. The van der Waals surface area contributed by atoms with Crippen molar-refractivity contribution >= 4 is 22.4 Å². The van der Waals surface area contributed by atoms with Gasteiger partial charge in [-0.05, 0) is 6.07 Å². The summed E-state index contributed by atoms with van der Waals surface area (Å²) >= 11 is 5.48. The third kappa shape index (κ3) is 2.08. The van der Waals surface area contributed by atoms with Gasteiger partial charge in [0.2, 0.25) is 0 Å². The van der Waals surface area contributed by atoms with E-state index in [0.29, 0.717) is 5.39 Å². The number of rotatable bonds is 3. The number of benzene rings is 1. The van der Waals surface area contributed by atoms with Crippen molar-refractivity contribution < 1.29 is 5.11 Å². The summed E-state index contributed by atoms with van der Waals surface area (Å²) < 4.78 is 1.23. The first kappa shape index (κ1) is 11.1. The second-order valence-electron chi connectivity index (χ2n) is 3.53. The van der Waals surface area contributed by atoms with Gasteiger partial charge in [-0.2, -0.15) is 5.10 Å². The molecule has 1 aromatic heterocycles. The van der Waals surface area contributed by atoms with E-state index < -0.39 is 6.10 Å². The average Bonchev–Trinajstić information content (AvgIpc) is 2.33. The molecule has 0 amide bonds. The topological polar surface area (TPSA) is 55.1 Å².